The molecular weight excluding hydrogens is 472 g/mol. The Morgan fingerprint density at radius 1 is 1.00 bits per heavy atom. The van der Waals surface area contributed by atoms with Crippen molar-refractivity contribution >= 4 is 18.0 Å². The highest BCUT2D eigenvalue weighted by Crippen LogP contribution is 2.56. The molecule has 5 rings (SSSR count). The summed E-state index contributed by atoms with van der Waals surface area (Å²) in [5.41, 5.74) is 13.6. The molecule has 0 fully saturated rings. The smallest absolute Gasteiger partial charge is 0.323 e. The Morgan fingerprint density at radius 3 is 2.37 bits per heavy atom. The average molecular weight is 509 g/mol. The Bertz CT molecular complexity index is 1370. The Kier molecular flexibility index (Phi) is 7.22. The van der Waals surface area contributed by atoms with Crippen LogP contribution in [0.1, 0.15) is 64.5 Å². The summed E-state index contributed by atoms with van der Waals surface area (Å²) >= 11 is 0. The van der Waals surface area contributed by atoms with Gasteiger partial charge in [0.05, 0.1) is 0 Å². The molecule has 3 aromatic carbocycles. The molecule has 0 saturated carbocycles. The van der Waals surface area contributed by atoms with Crippen LogP contribution in [0.15, 0.2) is 78.4 Å². The van der Waals surface area contributed by atoms with E-state index in [9.17, 15) is 9.59 Å². The average Bonchev–Trinajstić information content (AvgIpc) is 3.48. The summed E-state index contributed by atoms with van der Waals surface area (Å²) in [6.07, 6.45) is 4.66. The molecule has 3 aromatic rings. The number of nitrogens with one attached hydrogen (secondary N) is 1. The maximum absolute atomic E-state index is 13.4. The van der Waals surface area contributed by atoms with Gasteiger partial charge >= 0.3 is 5.97 Å². The van der Waals surface area contributed by atoms with E-state index < -0.39 is 17.6 Å². The summed E-state index contributed by atoms with van der Waals surface area (Å²) in [7, 11) is 1.63. The zero-order valence-electron chi connectivity index (χ0n) is 22.4. The first-order valence-electron chi connectivity index (χ1n) is 13.4. The molecule has 0 unspecified atom stereocenters. The summed E-state index contributed by atoms with van der Waals surface area (Å²) in [4.78, 5) is 25.5. The zero-order valence-corrected chi connectivity index (χ0v) is 22.4. The third-order valence-electron chi connectivity index (χ3n) is 7.98. The number of carbonyl (C=O) groups excluding carboxylic acids is 2. The lowest BCUT2D eigenvalue weighted by molar-refractivity contribution is -0.156. The van der Waals surface area contributed by atoms with E-state index in [4.69, 9.17) is 10.5 Å². The maximum atomic E-state index is 13.4. The first-order valence-corrected chi connectivity index (χ1v) is 13.4. The van der Waals surface area contributed by atoms with Crippen molar-refractivity contribution in [1.82, 2.24) is 5.32 Å². The van der Waals surface area contributed by atoms with E-state index in [1.54, 1.807) is 7.05 Å². The summed E-state index contributed by atoms with van der Waals surface area (Å²) in [6.45, 7) is 4.12. The molecule has 0 bridgehead atoms. The number of esters is 1. The van der Waals surface area contributed by atoms with Crippen molar-refractivity contribution in [2.45, 2.75) is 51.7 Å². The molecule has 1 amide bonds. The van der Waals surface area contributed by atoms with Gasteiger partial charge in [0.1, 0.15) is 12.1 Å². The first-order chi connectivity index (χ1) is 18.3. The number of rotatable bonds is 8. The minimum absolute atomic E-state index is 0.112. The van der Waals surface area contributed by atoms with Crippen molar-refractivity contribution < 1.29 is 14.3 Å². The van der Waals surface area contributed by atoms with Gasteiger partial charge in [0.2, 0.25) is 0 Å². The minimum atomic E-state index is -0.665. The predicted molar refractivity (Wildman–Crippen MR) is 151 cm³/mol. The SMILES string of the molecule is CNC(=O)c1ccc(C[C@]2(C3=Cc4ccccc4C3)Cc3ccccc3[C@@H]2OC(=O)[C@@H](N)CC(C)C)cc1. The summed E-state index contributed by atoms with van der Waals surface area (Å²) in [5, 5.41) is 2.68. The van der Waals surface area contributed by atoms with Gasteiger partial charge in [-0.05, 0) is 71.6 Å². The molecule has 0 radical (unpaired) electrons. The highest BCUT2D eigenvalue weighted by atomic mass is 16.5. The van der Waals surface area contributed by atoms with Crippen LogP contribution in [0.5, 0.6) is 0 Å². The Morgan fingerprint density at radius 2 is 1.68 bits per heavy atom. The van der Waals surface area contributed by atoms with Crippen LogP contribution in [0.3, 0.4) is 0 Å². The van der Waals surface area contributed by atoms with Crippen molar-refractivity contribution in [1.29, 1.82) is 0 Å². The number of carbonyl (C=O) groups is 2. The van der Waals surface area contributed by atoms with Crippen LogP contribution in [0.4, 0.5) is 0 Å². The third kappa shape index (κ3) is 4.91. The fourth-order valence-corrected chi connectivity index (χ4v) is 6.10. The third-order valence-corrected chi connectivity index (χ3v) is 7.98. The molecule has 5 heteroatoms. The van der Waals surface area contributed by atoms with Gasteiger partial charge in [-0.2, -0.15) is 0 Å². The number of amides is 1. The van der Waals surface area contributed by atoms with Crippen LogP contribution >= 0.6 is 0 Å². The quantitative estimate of drug-likeness (QED) is 0.398. The molecule has 0 aromatic heterocycles. The van der Waals surface area contributed by atoms with Gasteiger partial charge in [0.15, 0.2) is 0 Å². The predicted octanol–water partition coefficient (Wildman–Crippen LogP) is 5.43. The number of hydrogen-bond donors (Lipinski definition) is 2. The van der Waals surface area contributed by atoms with Gasteiger partial charge in [0, 0.05) is 18.0 Å². The van der Waals surface area contributed by atoms with Crippen LogP contribution in [0, 0.1) is 11.3 Å². The van der Waals surface area contributed by atoms with Gasteiger partial charge in [-0.3, -0.25) is 9.59 Å². The van der Waals surface area contributed by atoms with E-state index in [2.05, 4.69) is 61.6 Å². The van der Waals surface area contributed by atoms with E-state index in [0.717, 1.165) is 24.0 Å². The molecule has 0 aliphatic heterocycles. The Balaban J connectivity index is 1.58. The molecule has 2 aliphatic carbocycles. The van der Waals surface area contributed by atoms with Crippen molar-refractivity contribution in [3.8, 4) is 0 Å². The molecule has 38 heavy (non-hydrogen) atoms. The second-order valence-electron chi connectivity index (χ2n) is 11.1. The normalized spacial score (nSPS) is 20.4. The zero-order chi connectivity index (χ0) is 26.9. The Hall–Kier alpha value is -3.70. The molecule has 3 N–H and O–H groups in total. The lowest BCUT2D eigenvalue weighted by Gasteiger charge is -2.38. The molecule has 196 valence electrons. The largest absolute Gasteiger partial charge is 0.455 e. The van der Waals surface area contributed by atoms with E-state index in [1.165, 1.54) is 22.3 Å². The Labute approximate surface area is 225 Å². The van der Waals surface area contributed by atoms with Gasteiger partial charge in [-0.1, -0.05) is 86.2 Å². The van der Waals surface area contributed by atoms with E-state index in [0.29, 0.717) is 24.3 Å². The number of benzene rings is 3. The first kappa shape index (κ1) is 25.9. The van der Waals surface area contributed by atoms with Gasteiger partial charge in [-0.25, -0.2) is 0 Å². The second-order valence-corrected chi connectivity index (χ2v) is 11.1. The van der Waals surface area contributed by atoms with Gasteiger partial charge < -0.3 is 15.8 Å². The molecule has 5 nitrogen and oxygen atoms in total. The standard InChI is InChI=1S/C33H36N2O3/c1-21(2)16-29(34)32(37)38-30-28-11-7-6-10-26(28)20-33(30,27-17-24-8-4-5-9-25(24)18-27)19-22-12-14-23(15-13-22)31(36)35-3/h4-15,17,21,29-30H,16,18-20,34H2,1-3H3,(H,35,36)/t29-,30-,33+/m0/s1. The van der Waals surface area contributed by atoms with Crippen molar-refractivity contribution in [3.05, 3.63) is 112 Å². The number of fused-ring (bicyclic) bond motifs is 2. The van der Waals surface area contributed by atoms with Crippen LogP contribution in [-0.2, 0) is 28.8 Å². The summed E-state index contributed by atoms with van der Waals surface area (Å²) in [5.74, 6) is -0.167. The summed E-state index contributed by atoms with van der Waals surface area (Å²) < 4.78 is 6.41. The van der Waals surface area contributed by atoms with Crippen molar-refractivity contribution in [2.24, 2.45) is 17.1 Å². The molecule has 3 atom stereocenters. The minimum Gasteiger partial charge on any atom is -0.455 e. The van der Waals surface area contributed by atoms with E-state index >= 15 is 0 Å². The van der Waals surface area contributed by atoms with Crippen LogP contribution in [0.2, 0.25) is 0 Å². The lowest BCUT2D eigenvalue weighted by Crippen LogP contribution is -2.39. The topological polar surface area (TPSA) is 81.4 Å². The maximum Gasteiger partial charge on any atom is 0.323 e. The van der Waals surface area contributed by atoms with Crippen molar-refractivity contribution in [3.63, 3.8) is 0 Å². The van der Waals surface area contributed by atoms with Crippen molar-refractivity contribution in [2.75, 3.05) is 7.05 Å². The number of ether oxygens (including phenoxy) is 1. The fraction of sp³-hybridized carbons (Fsp3) is 0.333. The summed E-state index contributed by atoms with van der Waals surface area (Å²) in [6, 6.07) is 23.8. The van der Waals surface area contributed by atoms with Crippen LogP contribution < -0.4 is 11.1 Å². The molecular formula is C33H36N2O3. The molecule has 0 heterocycles. The van der Waals surface area contributed by atoms with Crippen LogP contribution in [0.25, 0.3) is 6.08 Å². The molecule has 0 saturated heterocycles. The van der Waals surface area contributed by atoms with Gasteiger partial charge in [-0.15, -0.1) is 0 Å². The monoisotopic (exact) mass is 508 g/mol. The van der Waals surface area contributed by atoms with Gasteiger partial charge in [0.25, 0.3) is 5.91 Å². The van der Waals surface area contributed by atoms with E-state index in [1.807, 2.05) is 36.4 Å². The highest BCUT2D eigenvalue weighted by Gasteiger charge is 2.51. The van der Waals surface area contributed by atoms with Crippen LogP contribution in [-0.4, -0.2) is 25.0 Å². The molecule has 0 spiro atoms. The second kappa shape index (κ2) is 10.6. The fourth-order valence-electron chi connectivity index (χ4n) is 6.10. The lowest BCUT2D eigenvalue weighted by atomic mass is 9.70. The number of nitrogens with two attached hydrogens (primary N) is 1. The highest BCUT2D eigenvalue weighted by molar-refractivity contribution is 5.93. The van der Waals surface area contributed by atoms with E-state index in [-0.39, 0.29) is 11.9 Å². The number of hydrogen-bond acceptors (Lipinski definition) is 4. The molecule has 2 aliphatic rings.